The summed E-state index contributed by atoms with van der Waals surface area (Å²) in [6.45, 7) is 3.98. The third kappa shape index (κ3) is 9.66. The third-order valence-corrected chi connectivity index (χ3v) is 8.27. The number of carbonyl (C=O) groups excluding carboxylic acids is 2. The van der Waals surface area contributed by atoms with Crippen LogP contribution in [0.2, 0.25) is 10.0 Å². The normalized spacial score (nSPS) is 11.9. The van der Waals surface area contributed by atoms with Crippen LogP contribution in [0, 0.1) is 0 Å². The van der Waals surface area contributed by atoms with Gasteiger partial charge in [-0.15, -0.1) is 0 Å². The summed E-state index contributed by atoms with van der Waals surface area (Å²) in [6, 6.07) is 20.2. The van der Waals surface area contributed by atoms with E-state index in [9.17, 15) is 18.0 Å². The van der Waals surface area contributed by atoms with Gasteiger partial charge in [0.1, 0.15) is 24.9 Å². The van der Waals surface area contributed by atoms with Crippen molar-refractivity contribution in [3.8, 4) is 5.75 Å². The number of nitrogens with one attached hydrogen (secondary N) is 1. The number of hydrogen-bond acceptors (Lipinski definition) is 5. The van der Waals surface area contributed by atoms with E-state index in [1.165, 1.54) is 4.90 Å². The molecule has 0 aliphatic rings. The highest BCUT2D eigenvalue weighted by Crippen LogP contribution is 2.25. The topological polar surface area (TPSA) is 96.0 Å². The van der Waals surface area contributed by atoms with Gasteiger partial charge in [-0.3, -0.25) is 13.9 Å². The van der Waals surface area contributed by atoms with E-state index in [0.29, 0.717) is 40.2 Å². The molecule has 1 atom stereocenters. The first-order valence-corrected chi connectivity index (χ1v) is 15.9. The largest absolute Gasteiger partial charge is 0.489 e. The first-order chi connectivity index (χ1) is 19.5. The zero-order chi connectivity index (χ0) is 30.0. The maximum absolute atomic E-state index is 13.7. The van der Waals surface area contributed by atoms with Gasteiger partial charge in [0.15, 0.2) is 0 Å². The molecule has 0 aliphatic heterocycles. The summed E-state index contributed by atoms with van der Waals surface area (Å²) < 4.78 is 32.5. The minimum absolute atomic E-state index is 0.0297. The Labute approximate surface area is 252 Å². The average molecular weight is 621 g/mol. The summed E-state index contributed by atoms with van der Waals surface area (Å²) >= 11 is 12.2. The number of halogens is 2. The number of anilines is 1. The van der Waals surface area contributed by atoms with E-state index in [1.54, 1.807) is 49.4 Å². The van der Waals surface area contributed by atoms with Crippen molar-refractivity contribution in [2.45, 2.75) is 45.9 Å². The van der Waals surface area contributed by atoms with Gasteiger partial charge in [0.05, 0.1) is 22.0 Å². The Morgan fingerprint density at radius 3 is 2.24 bits per heavy atom. The second-order valence-electron chi connectivity index (χ2n) is 9.63. The van der Waals surface area contributed by atoms with E-state index >= 15 is 0 Å². The molecule has 0 aliphatic carbocycles. The number of unbranched alkanes of at least 4 members (excludes halogenated alkanes) is 1. The monoisotopic (exact) mass is 619 g/mol. The van der Waals surface area contributed by atoms with Crippen molar-refractivity contribution >= 4 is 50.7 Å². The first kappa shape index (κ1) is 32.2. The van der Waals surface area contributed by atoms with E-state index in [2.05, 4.69) is 5.32 Å². The van der Waals surface area contributed by atoms with Crippen LogP contribution in [-0.2, 0) is 32.8 Å². The Balaban J connectivity index is 1.82. The van der Waals surface area contributed by atoms with E-state index in [0.717, 1.165) is 29.0 Å². The van der Waals surface area contributed by atoms with Gasteiger partial charge < -0.3 is 15.0 Å². The van der Waals surface area contributed by atoms with Crippen molar-refractivity contribution in [3.05, 3.63) is 94.0 Å². The van der Waals surface area contributed by atoms with Gasteiger partial charge in [-0.05, 0) is 60.9 Å². The Hall–Kier alpha value is -3.27. The second kappa shape index (κ2) is 15.1. The number of hydrogen-bond donors (Lipinski definition) is 1. The Morgan fingerprint density at radius 1 is 0.951 bits per heavy atom. The molecule has 41 heavy (non-hydrogen) atoms. The number of sulfonamides is 1. The predicted octanol–water partition coefficient (Wildman–Crippen LogP) is 5.67. The number of ether oxygens (including phenoxy) is 1. The molecule has 3 rings (SSSR count). The van der Waals surface area contributed by atoms with E-state index in [-0.39, 0.29) is 12.5 Å². The van der Waals surface area contributed by atoms with Crippen LogP contribution in [0.1, 0.15) is 37.8 Å². The molecule has 3 aromatic rings. The standard InChI is InChI=1S/C30H35Cl2N3O5S/c1-4-5-17-33-30(37)22(2)34(19-24-11-16-27(31)28(32)18-24)29(36)20-35(41(3,38)39)25-12-14-26(15-13-25)40-21-23-9-7-6-8-10-23/h6-16,18,22H,4-5,17,19-21H2,1-3H3,(H,33,37)/t22-/m1/s1. The molecule has 0 heterocycles. The van der Waals surface area contributed by atoms with E-state index in [1.807, 2.05) is 37.3 Å². The molecule has 0 aromatic heterocycles. The molecule has 0 fully saturated rings. The molecule has 3 aromatic carbocycles. The molecule has 0 bridgehead atoms. The summed E-state index contributed by atoms with van der Waals surface area (Å²) in [6.07, 6.45) is 2.73. The van der Waals surface area contributed by atoms with Gasteiger partial charge in [-0.25, -0.2) is 8.42 Å². The van der Waals surface area contributed by atoms with Crippen molar-refractivity contribution in [3.63, 3.8) is 0 Å². The SMILES string of the molecule is CCCCNC(=O)[C@@H](C)N(Cc1ccc(Cl)c(Cl)c1)C(=O)CN(c1ccc(OCc2ccccc2)cc1)S(C)(=O)=O. The molecule has 1 N–H and O–H groups in total. The fourth-order valence-corrected chi connectivity index (χ4v) is 5.19. The van der Waals surface area contributed by atoms with Gasteiger partial charge in [0.2, 0.25) is 21.8 Å². The van der Waals surface area contributed by atoms with E-state index in [4.69, 9.17) is 27.9 Å². The molecule has 11 heteroatoms. The van der Waals surface area contributed by atoms with Gasteiger partial charge in [-0.2, -0.15) is 0 Å². The maximum atomic E-state index is 13.7. The summed E-state index contributed by atoms with van der Waals surface area (Å²) in [7, 11) is -3.86. The van der Waals surface area contributed by atoms with Crippen LogP contribution in [0.15, 0.2) is 72.8 Å². The summed E-state index contributed by atoms with van der Waals surface area (Å²) in [5.74, 6) is -0.335. The lowest BCUT2D eigenvalue weighted by Crippen LogP contribution is -2.51. The van der Waals surface area contributed by atoms with Crippen molar-refractivity contribution in [1.82, 2.24) is 10.2 Å². The summed E-state index contributed by atoms with van der Waals surface area (Å²) in [5, 5.41) is 3.51. The summed E-state index contributed by atoms with van der Waals surface area (Å²) in [4.78, 5) is 28.0. The molecular weight excluding hydrogens is 585 g/mol. The van der Waals surface area contributed by atoms with Crippen molar-refractivity contribution in [1.29, 1.82) is 0 Å². The molecular formula is C30H35Cl2N3O5S. The van der Waals surface area contributed by atoms with Crippen LogP contribution in [-0.4, -0.2) is 50.5 Å². The van der Waals surface area contributed by atoms with Crippen LogP contribution in [0.25, 0.3) is 0 Å². The number of benzene rings is 3. The smallest absolute Gasteiger partial charge is 0.244 e. The fourth-order valence-electron chi connectivity index (χ4n) is 4.02. The lowest BCUT2D eigenvalue weighted by molar-refractivity contribution is -0.139. The fraction of sp³-hybridized carbons (Fsp3) is 0.333. The lowest BCUT2D eigenvalue weighted by Gasteiger charge is -2.31. The quantitative estimate of drug-likeness (QED) is 0.234. The highest BCUT2D eigenvalue weighted by Gasteiger charge is 2.30. The second-order valence-corrected chi connectivity index (χ2v) is 12.3. The van der Waals surface area contributed by atoms with Crippen molar-refractivity contribution in [2.75, 3.05) is 23.7 Å². The van der Waals surface area contributed by atoms with Gasteiger partial charge >= 0.3 is 0 Å². The molecule has 0 radical (unpaired) electrons. The highest BCUT2D eigenvalue weighted by molar-refractivity contribution is 7.92. The molecule has 220 valence electrons. The van der Waals surface area contributed by atoms with Gasteiger partial charge in [0.25, 0.3) is 0 Å². The predicted molar refractivity (Wildman–Crippen MR) is 164 cm³/mol. The summed E-state index contributed by atoms with van der Waals surface area (Å²) in [5.41, 5.74) is 1.93. The molecule has 0 unspecified atom stereocenters. The average Bonchev–Trinajstić information content (AvgIpc) is 2.95. The number of rotatable bonds is 14. The minimum atomic E-state index is -3.86. The zero-order valence-electron chi connectivity index (χ0n) is 23.3. The van der Waals surface area contributed by atoms with Crippen LogP contribution in [0.3, 0.4) is 0 Å². The first-order valence-electron chi connectivity index (χ1n) is 13.2. The minimum Gasteiger partial charge on any atom is -0.489 e. The highest BCUT2D eigenvalue weighted by atomic mass is 35.5. The van der Waals surface area contributed by atoms with Crippen molar-refractivity contribution < 1.29 is 22.7 Å². The Morgan fingerprint density at radius 2 is 1.63 bits per heavy atom. The number of nitrogens with zero attached hydrogens (tertiary/aromatic N) is 2. The maximum Gasteiger partial charge on any atom is 0.244 e. The van der Waals surface area contributed by atoms with Crippen LogP contribution >= 0.6 is 23.2 Å². The molecule has 0 saturated carbocycles. The lowest BCUT2D eigenvalue weighted by atomic mass is 10.1. The molecule has 8 nitrogen and oxygen atoms in total. The zero-order valence-corrected chi connectivity index (χ0v) is 25.7. The van der Waals surface area contributed by atoms with Crippen LogP contribution < -0.4 is 14.4 Å². The number of amides is 2. The molecule has 2 amide bonds. The van der Waals surface area contributed by atoms with Crippen LogP contribution in [0.5, 0.6) is 5.75 Å². The van der Waals surface area contributed by atoms with E-state index < -0.39 is 28.5 Å². The third-order valence-electron chi connectivity index (χ3n) is 6.39. The Kier molecular flexibility index (Phi) is 11.9. The molecule has 0 spiro atoms. The van der Waals surface area contributed by atoms with Crippen molar-refractivity contribution in [2.24, 2.45) is 0 Å². The molecule has 0 saturated heterocycles. The Bertz CT molecular complexity index is 1420. The van der Waals surface area contributed by atoms with Gasteiger partial charge in [-0.1, -0.05) is 72.9 Å². The number of carbonyl (C=O) groups is 2. The van der Waals surface area contributed by atoms with Gasteiger partial charge in [0, 0.05) is 13.1 Å². The van der Waals surface area contributed by atoms with Crippen LogP contribution in [0.4, 0.5) is 5.69 Å².